The van der Waals surface area contributed by atoms with Gasteiger partial charge < -0.3 is 14.3 Å². The molecule has 2 aromatic carbocycles. The van der Waals surface area contributed by atoms with Gasteiger partial charge >= 0.3 is 0 Å². The highest BCUT2D eigenvalue weighted by Crippen LogP contribution is 2.39. The average Bonchev–Trinajstić information content (AvgIpc) is 3.17. The molecule has 0 atom stereocenters. The van der Waals surface area contributed by atoms with Crippen molar-refractivity contribution >= 4 is 16.6 Å². The Morgan fingerprint density at radius 2 is 1.83 bits per heavy atom. The molecule has 2 aromatic heterocycles. The molecule has 29 heavy (non-hydrogen) atoms. The maximum absolute atomic E-state index is 14.1. The van der Waals surface area contributed by atoms with Crippen LogP contribution in [0.25, 0.3) is 22.0 Å². The molecular weight excluding hydrogens is 384 g/mol. The van der Waals surface area contributed by atoms with Gasteiger partial charge in [-0.15, -0.1) is 0 Å². The fraction of sp³-hybridized carbons (Fsp3) is 0.0500. The van der Waals surface area contributed by atoms with E-state index in [2.05, 4.69) is 4.98 Å². The number of fused-ring (bicyclic) bond motifs is 1. The van der Waals surface area contributed by atoms with E-state index in [0.717, 1.165) is 12.1 Å². The molecule has 2 heterocycles. The number of nitro groups is 1. The van der Waals surface area contributed by atoms with Gasteiger partial charge in [0.25, 0.3) is 11.2 Å². The van der Waals surface area contributed by atoms with Gasteiger partial charge in [0.1, 0.15) is 17.1 Å². The first kappa shape index (κ1) is 18.4. The van der Waals surface area contributed by atoms with Crippen molar-refractivity contribution in [2.24, 2.45) is 7.05 Å². The number of ether oxygens (including phenoxy) is 1. The third-order valence-electron chi connectivity index (χ3n) is 4.47. The minimum atomic E-state index is -0.915. The summed E-state index contributed by atoms with van der Waals surface area (Å²) in [5, 5.41) is 11.8. The van der Waals surface area contributed by atoms with Crippen LogP contribution in [0.5, 0.6) is 11.5 Å². The molecule has 0 aliphatic heterocycles. The van der Waals surface area contributed by atoms with Crippen LogP contribution < -0.4 is 10.3 Å². The molecule has 146 valence electrons. The number of H-pyrrole nitrogens is 1. The second-order valence-corrected chi connectivity index (χ2v) is 6.34. The summed E-state index contributed by atoms with van der Waals surface area (Å²) in [6.45, 7) is 0. The lowest BCUT2D eigenvalue weighted by atomic mass is 10.0. The van der Waals surface area contributed by atoms with Gasteiger partial charge in [-0.1, -0.05) is 0 Å². The summed E-state index contributed by atoms with van der Waals surface area (Å²) in [7, 11) is 1.55. The summed E-state index contributed by atoms with van der Waals surface area (Å²) in [6, 6.07) is 8.34. The number of nitro benzene ring substituents is 1. The minimum absolute atomic E-state index is 0.113. The number of hydrogen-bond donors (Lipinski definition) is 1. The zero-order valence-electron chi connectivity index (χ0n) is 15.0. The van der Waals surface area contributed by atoms with Gasteiger partial charge in [0.15, 0.2) is 11.6 Å². The van der Waals surface area contributed by atoms with Crippen molar-refractivity contribution in [3.05, 3.63) is 87.0 Å². The molecule has 1 N–H and O–H groups in total. The fourth-order valence-corrected chi connectivity index (χ4v) is 3.09. The number of aromatic amines is 1. The number of halogens is 2. The lowest BCUT2D eigenvalue weighted by Crippen LogP contribution is -2.16. The number of benzene rings is 2. The van der Waals surface area contributed by atoms with Crippen molar-refractivity contribution in [2.75, 3.05) is 0 Å². The number of nitrogens with one attached hydrogen (secondary N) is 1. The molecule has 0 saturated carbocycles. The van der Waals surface area contributed by atoms with E-state index in [-0.39, 0.29) is 28.3 Å². The molecular formula is C20H13F2N3O4. The lowest BCUT2D eigenvalue weighted by molar-refractivity contribution is -0.384. The van der Waals surface area contributed by atoms with Gasteiger partial charge in [-0.25, -0.2) is 8.78 Å². The Hall–Kier alpha value is -4.01. The van der Waals surface area contributed by atoms with Crippen LogP contribution in [0.3, 0.4) is 0 Å². The van der Waals surface area contributed by atoms with Crippen LogP contribution in [0.2, 0.25) is 0 Å². The summed E-state index contributed by atoms with van der Waals surface area (Å²) in [6.07, 6.45) is 3.10. The number of nitrogens with zero attached hydrogens (tertiary/aromatic N) is 2. The second-order valence-electron chi connectivity index (χ2n) is 6.34. The monoisotopic (exact) mass is 397 g/mol. The van der Waals surface area contributed by atoms with Gasteiger partial charge in [0, 0.05) is 54.2 Å². The smallest absolute Gasteiger partial charge is 0.274 e. The number of hydrogen-bond acceptors (Lipinski definition) is 4. The molecule has 0 saturated heterocycles. The zero-order chi connectivity index (χ0) is 20.7. The third kappa shape index (κ3) is 3.22. The van der Waals surface area contributed by atoms with Crippen LogP contribution in [0.4, 0.5) is 14.5 Å². The van der Waals surface area contributed by atoms with Crippen LogP contribution in [-0.4, -0.2) is 14.5 Å². The van der Waals surface area contributed by atoms with Gasteiger partial charge in [0.05, 0.1) is 4.92 Å². The van der Waals surface area contributed by atoms with Crippen molar-refractivity contribution in [1.29, 1.82) is 0 Å². The van der Waals surface area contributed by atoms with Gasteiger partial charge in [-0.3, -0.25) is 14.9 Å². The second kappa shape index (κ2) is 6.86. The average molecular weight is 397 g/mol. The summed E-state index contributed by atoms with van der Waals surface area (Å²) in [4.78, 5) is 25.9. The summed E-state index contributed by atoms with van der Waals surface area (Å²) in [5.41, 5.74) is 0.596. The molecule has 0 spiro atoms. The first-order valence-electron chi connectivity index (χ1n) is 8.43. The Kier molecular flexibility index (Phi) is 4.34. The van der Waals surface area contributed by atoms with E-state index in [0.29, 0.717) is 22.5 Å². The van der Waals surface area contributed by atoms with E-state index in [1.54, 1.807) is 19.3 Å². The van der Waals surface area contributed by atoms with Crippen molar-refractivity contribution in [1.82, 2.24) is 9.55 Å². The summed E-state index contributed by atoms with van der Waals surface area (Å²) in [5.74, 6) is -1.80. The maximum atomic E-state index is 14.1. The molecule has 0 bridgehead atoms. The first-order chi connectivity index (χ1) is 13.8. The van der Waals surface area contributed by atoms with Crippen LogP contribution >= 0.6 is 0 Å². The van der Waals surface area contributed by atoms with Gasteiger partial charge in [0.2, 0.25) is 0 Å². The van der Waals surface area contributed by atoms with E-state index in [4.69, 9.17) is 4.74 Å². The molecule has 0 amide bonds. The van der Waals surface area contributed by atoms with Gasteiger partial charge in [-0.2, -0.15) is 0 Å². The van der Waals surface area contributed by atoms with Crippen LogP contribution in [0.15, 0.2) is 59.7 Å². The largest absolute Gasteiger partial charge is 0.454 e. The minimum Gasteiger partial charge on any atom is -0.454 e. The zero-order valence-corrected chi connectivity index (χ0v) is 15.0. The van der Waals surface area contributed by atoms with E-state index in [1.807, 2.05) is 0 Å². The normalized spacial score (nSPS) is 11.0. The number of aryl methyl sites for hydroxylation is 1. The van der Waals surface area contributed by atoms with Crippen LogP contribution in [-0.2, 0) is 7.05 Å². The van der Waals surface area contributed by atoms with Crippen molar-refractivity contribution in [2.45, 2.75) is 0 Å². The molecule has 4 rings (SSSR count). The van der Waals surface area contributed by atoms with Crippen LogP contribution in [0, 0.1) is 21.7 Å². The quantitative estimate of drug-likeness (QED) is 0.405. The molecule has 0 fully saturated rings. The maximum Gasteiger partial charge on any atom is 0.274 e. The lowest BCUT2D eigenvalue weighted by Gasteiger charge is -2.14. The fourth-order valence-electron chi connectivity index (χ4n) is 3.09. The molecule has 9 heteroatoms. The van der Waals surface area contributed by atoms with Gasteiger partial charge in [-0.05, 0) is 24.3 Å². The number of rotatable bonds is 4. The number of pyridine rings is 1. The van der Waals surface area contributed by atoms with Crippen molar-refractivity contribution < 1.29 is 18.4 Å². The Morgan fingerprint density at radius 3 is 2.55 bits per heavy atom. The highest BCUT2D eigenvalue weighted by molar-refractivity contribution is 5.96. The molecule has 0 radical (unpaired) electrons. The Balaban J connectivity index is 1.96. The summed E-state index contributed by atoms with van der Waals surface area (Å²) >= 11 is 0. The predicted molar refractivity (Wildman–Crippen MR) is 102 cm³/mol. The standard InChI is InChI=1S/C20H13F2N3O4/c1-24-10-15(13-6-7-23-19(13)20(24)26)14-9-12(25(27)28)3-5-17(14)29-18-4-2-11(21)8-16(18)22/h2-10,23H,1H3. The molecule has 0 aliphatic rings. The number of aromatic nitrogens is 2. The molecule has 4 aromatic rings. The van der Waals surface area contributed by atoms with Crippen molar-refractivity contribution in [3.8, 4) is 22.6 Å². The Labute approximate surface area is 161 Å². The highest BCUT2D eigenvalue weighted by Gasteiger charge is 2.19. The first-order valence-corrected chi connectivity index (χ1v) is 8.43. The van der Waals surface area contributed by atoms with E-state index in [1.165, 1.54) is 29.0 Å². The van der Waals surface area contributed by atoms with E-state index >= 15 is 0 Å². The molecule has 0 aliphatic carbocycles. The SMILES string of the molecule is Cn1cc(-c2cc([N+](=O)[O-])ccc2Oc2ccc(F)cc2F)c2cc[nH]c2c1=O. The van der Waals surface area contributed by atoms with Crippen molar-refractivity contribution in [3.63, 3.8) is 0 Å². The van der Waals surface area contributed by atoms with E-state index < -0.39 is 16.6 Å². The van der Waals surface area contributed by atoms with Crippen LogP contribution in [0.1, 0.15) is 0 Å². The third-order valence-corrected chi connectivity index (χ3v) is 4.47. The number of non-ortho nitro benzene ring substituents is 1. The molecule has 7 nitrogen and oxygen atoms in total. The topological polar surface area (TPSA) is 90.2 Å². The Bertz CT molecular complexity index is 1330. The molecule has 0 unspecified atom stereocenters. The van der Waals surface area contributed by atoms with E-state index in [9.17, 15) is 23.7 Å². The summed E-state index contributed by atoms with van der Waals surface area (Å²) < 4.78 is 34.2. The Morgan fingerprint density at radius 1 is 1.07 bits per heavy atom. The predicted octanol–water partition coefficient (Wildman–Crippen LogP) is 4.51. The highest BCUT2D eigenvalue weighted by atomic mass is 19.1.